The van der Waals surface area contributed by atoms with E-state index in [1.807, 2.05) is 0 Å². The second-order valence-electron chi connectivity index (χ2n) is 4.35. The molecule has 98 valence electrons. The smallest absolute Gasteiger partial charge is 0.317 e. The molecule has 2 heterocycles. The predicted molar refractivity (Wildman–Crippen MR) is 65.9 cm³/mol. The van der Waals surface area contributed by atoms with E-state index in [0.29, 0.717) is 13.0 Å². The molecule has 2 rings (SSSR count). The molecule has 1 fully saturated rings. The summed E-state index contributed by atoms with van der Waals surface area (Å²) in [4.78, 5) is 21.7. The first-order chi connectivity index (χ1) is 8.81. The van der Waals surface area contributed by atoms with E-state index >= 15 is 0 Å². The van der Waals surface area contributed by atoms with Crippen molar-refractivity contribution in [2.24, 2.45) is 0 Å². The molecule has 0 saturated carbocycles. The Morgan fingerprint density at radius 2 is 2.44 bits per heavy atom. The zero-order chi connectivity index (χ0) is 12.8. The van der Waals surface area contributed by atoms with Crippen LogP contribution in [-0.4, -0.2) is 51.7 Å². The van der Waals surface area contributed by atoms with Crippen LogP contribution in [0.3, 0.4) is 0 Å². The topological polar surface area (TPSA) is 78.4 Å². The number of amides is 2. The highest BCUT2D eigenvalue weighted by Gasteiger charge is 2.27. The van der Waals surface area contributed by atoms with Gasteiger partial charge in [-0.05, 0) is 12.8 Å². The third-order valence-electron chi connectivity index (χ3n) is 3.12. The number of nitrogens with zero attached hydrogens (tertiary/aromatic N) is 3. The van der Waals surface area contributed by atoms with Gasteiger partial charge in [0.1, 0.15) is 0 Å². The number of carbonyl (C=O) groups is 1. The van der Waals surface area contributed by atoms with Crippen LogP contribution in [0.4, 0.5) is 4.79 Å². The molecule has 1 aromatic rings. The fraction of sp³-hybridized carbons (Fsp3) is 0.583. The van der Waals surface area contributed by atoms with Crippen LogP contribution >= 0.6 is 0 Å². The first-order valence-electron chi connectivity index (χ1n) is 6.21. The Bertz CT molecular complexity index is 385. The summed E-state index contributed by atoms with van der Waals surface area (Å²) in [6.45, 7) is 1.30. The lowest BCUT2D eigenvalue weighted by Crippen LogP contribution is -2.44. The van der Waals surface area contributed by atoms with E-state index in [-0.39, 0.29) is 18.7 Å². The van der Waals surface area contributed by atoms with Crippen LogP contribution in [0, 0.1) is 0 Å². The van der Waals surface area contributed by atoms with Crippen molar-refractivity contribution in [3.8, 4) is 0 Å². The Balaban J connectivity index is 1.75. The van der Waals surface area contributed by atoms with Crippen LogP contribution in [0.2, 0.25) is 0 Å². The standard InChI is InChI=1S/C12H18N4O2/c17-9-11-2-1-7-16(11)12(18)15-4-3-10-8-13-5-6-14-10/h5-6,8,11,17H,1-4,7,9H2,(H,15,18). The summed E-state index contributed by atoms with van der Waals surface area (Å²) in [7, 11) is 0. The number of carbonyl (C=O) groups excluding carboxylic acids is 1. The van der Waals surface area contributed by atoms with Crippen molar-refractivity contribution in [2.75, 3.05) is 19.7 Å². The fourth-order valence-electron chi connectivity index (χ4n) is 2.15. The molecule has 1 aromatic heterocycles. The lowest BCUT2D eigenvalue weighted by Gasteiger charge is -2.23. The van der Waals surface area contributed by atoms with Gasteiger partial charge < -0.3 is 15.3 Å². The van der Waals surface area contributed by atoms with Gasteiger partial charge in [0.15, 0.2) is 0 Å². The van der Waals surface area contributed by atoms with Crippen LogP contribution < -0.4 is 5.32 Å². The molecule has 2 amide bonds. The highest BCUT2D eigenvalue weighted by atomic mass is 16.3. The van der Waals surface area contributed by atoms with E-state index < -0.39 is 0 Å². The van der Waals surface area contributed by atoms with E-state index in [2.05, 4.69) is 15.3 Å². The van der Waals surface area contributed by atoms with Crippen molar-refractivity contribution < 1.29 is 9.90 Å². The molecule has 1 atom stereocenters. The van der Waals surface area contributed by atoms with Gasteiger partial charge in [0, 0.05) is 38.1 Å². The summed E-state index contributed by atoms with van der Waals surface area (Å²) >= 11 is 0. The number of rotatable bonds is 4. The molecule has 1 unspecified atom stereocenters. The van der Waals surface area contributed by atoms with Crippen molar-refractivity contribution >= 4 is 6.03 Å². The van der Waals surface area contributed by atoms with E-state index in [1.165, 1.54) is 0 Å². The molecule has 0 radical (unpaired) electrons. The number of likely N-dealkylation sites (tertiary alicyclic amines) is 1. The average molecular weight is 250 g/mol. The number of hydrogen-bond donors (Lipinski definition) is 2. The Labute approximate surface area is 106 Å². The normalized spacial score (nSPS) is 18.9. The highest BCUT2D eigenvalue weighted by Crippen LogP contribution is 2.16. The van der Waals surface area contributed by atoms with E-state index in [1.54, 1.807) is 23.5 Å². The van der Waals surface area contributed by atoms with Gasteiger partial charge in [-0.15, -0.1) is 0 Å². The minimum absolute atomic E-state index is 0.0264. The van der Waals surface area contributed by atoms with Gasteiger partial charge in [0.2, 0.25) is 0 Å². The summed E-state index contributed by atoms with van der Waals surface area (Å²) in [6, 6.07) is -0.128. The first-order valence-corrected chi connectivity index (χ1v) is 6.21. The number of hydrogen-bond acceptors (Lipinski definition) is 4. The second-order valence-corrected chi connectivity index (χ2v) is 4.35. The maximum Gasteiger partial charge on any atom is 0.317 e. The molecule has 0 aromatic carbocycles. The van der Waals surface area contributed by atoms with E-state index in [9.17, 15) is 4.79 Å². The SMILES string of the molecule is O=C(NCCc1cnccn1)N1CCCC1CO. The van der Waals surface area contributed by atoms with Crippen molar-refractivity contribution in [1.82, 2.24) is 20.2 Å². The predicted octanol–water partition coefficient (Wildman–Crippen LogP) is 0.185. The summed E-state index contributed by atoms with van der Waals surface area (Å²) in [5.74, 6) is 0. The number of aromatic nitrogens is 2. The molecule has 1 aliphatic rings. The van der Waals surface area contributed by atoms with Gasteiger partial charge in [-0.1, -0.05) is 0 Å². The van der Waals surface area contributed by atoms with Gasteiger partial charge in [-0.25, -0.2) is 4.79 Å². The summed E-state index contributed by atoms with van der Waals surface area (Å²) in [6.07, 6.45) is 7.46. The zero-order valence-corrected chi connectivity index (χ0v) is 10.2. The molecule has 6 heteroatoms. The Kier molecular flexibility index (Phi) is 4.46. The van der Waals surface area contributed by atoms with Crippen LogP contribution in [-0.2, 0) is 6.42 Å². The largest absolute Gasteiger partial charge is 0.394 e. The maximum absolute atomic E-state index is 11.9. The van der Waals surface area contributed by atoms with Crippen molar-refractivity contribution in [3.63, 3.8) is 0 Å². The van der Waals surface area contributed by atoms with Gasteiger partial charge in [0.25, 0.3) is 0 Å². The molecule has 2 N–H and O–H groups in total. The van der Waals surface area contributed by atoms with Crippen molar-refractivity contribution in [2.45, 2.75) is 25.3 Å². The minimum Gasteiger partial charge on any atom is -0.394 e. The van der Waals surface area contributed by atoms with Gasteiger partial charge in [-0.2, -0.15) is 0 Å². The minimum atomic E-state index is -0.101. The maximum atomic E-state index is 11.9. The average Bonchev–Trinajstić information content (AvgIpc) is 2.88. The number of aliphatic hydroxyl groups is 1. The molecular weight excluding hydrogens is 232 g/mol. The van der Waals surface area contributed by atoms with Crippen molar-refractivity contribution in [1.29, 1.82) is 0 Å². The summed E-state index contributed by atoms with van der Waals surface area (Å²) in [5.41, 5.74) is 0.859. The molecule has 6 nitrogen and oxygen atoms in total. The Hall–Kier alpha value is -1.69. The van der Waals surface area contributed by atoms with Crippen LogP contribution in [0.5, 0.6) is 0 Å². The molecule has 0 spiro atoms. The molecule has 0 bridgehead atoms. The van der Waals surface area contributed by atoms with E-state index in [0.717, 1.165) is 25.1 Å². The lowest BCUT2D eigenvalue weighted by molar-refractivity contribution is 0.157. The van der Waals surface area contributed by atoms with Crippen molar-refractivity contribution in [3.05, 3.63) is 24.3 Å². The molecule has 0 aliphatic carbocycles. The van der Waals surface area contributed by atoms with Gasteiger partial charge >= 0.3 is 6.03 Å². The highest BCUT2D eigenvalue weighted by molar-refractivity contribution is 5.74. The quantitative estimate of drug-likeness (QED) is 0.799. The summed E-state index contributed by atoms with van der Waals surface area (Å²) in [5, 5.41) is 12.0. The molecular formula is C12H18N4O2. The van der Waals surface area contributed by atoms with Crippen LogP contribution in [0.25, 0.3) is 0 Å². The summed E-state index contributed by atoms with van der Waals surface area (Å²) < 4.78 is 0. The molecule has 1 saturated heterocycles. The van der Waals surface area contributed by atoms with E-state index in [4.69, 9.17) is 5.11 Å². The lowest BCUT2D eigenvalue weighted by atomic mass is 10.2. The molecule has 18 heavy (non-hydrogen) atoms. The third kappa shape index (κ3) is 3.16. The van der Waals surface area contributed by atoms with Crippen LogP contribution in [0.15, 0.2) is 18.6 Å². The van der Waals surface area contributed by atoms with Gasteiger partial charge in [-0.3, -0.25) is 9.97 Å². The Morgan fingerprint density at radius 3 is 3.17 bits per heavy atom. The van der Waals surface area contributed by atoms with Crippen LogP contribution in [0.1, 0.15) is 18.5 Å². The zero-order valence-electron chi connectivity index (χ0n) is 10.2. The number of urea groups is 1. The first kappa shape index (κ1) is 12.8. The number of nitrogens with one attached hydrogen (secondary N) is 1. The second kappa shape index (κ2) is 6.30. The molecule has 1 aliphatic heterocycles. The fourth-order valence-corrected chi connectivity index (χ4v) is 2.15. The number of aliphatic hydroxyl groups excluding tert-OH is 1. The Morgan fingerprint density at radius 1 is 1.56 bits per heavy atom. The van der Waals surface area contributed by atoms with Gasteiger partial charge in [0.05, 0.1) is 18.3 Å². The monoisotopic (exact) mass is 250 g/mol. The third-order valence-corrected chi connectivity index (χ3v) is 3.12.